The third kappa shape index (κ3) is 1.77. The van der Waals surface area contributed by atoms with Gasteiger partial charge in [0.2, 0.25) is 5.91 Å². The lowest BCUT2D eigenvalue weighted by Gasteiger charge is -1.90. The summed E-state index contributed by atoms with van der Waals surface area (Å²) in [6.45, 7) is 1.41. The molecule has 1 amide bonds. The van der Waals surface area contributed by atoms with Crippen LogP contribution in [0.2, 0.25) is 0 Å². The molecule has 72 valence electrons. The van der Waals surface area contributed by atoms with Crippen molar-refractivity contribution in [2.24, 2.45) is 0 Å². The first-order valence-electron chi connectivity index (χ1n) is 3.99. The number of nitrogens with zero attached hydrogens (tertiary/aromatic N) is 1. The molecule has 0 saturated heterocycles. The van der Waals surface area contributed by atoms with Crippen LogP contribution in [0.3, 0.4) is 0 Å². The summed E-state index contributed by atoms with van der Waals surface area (Å²) in [7, 11) is 0. The molecule has 0 radical (unpaired) electrons. The van der Waals surface area contributed by atoms with Gasteiger partial charge in [-0.15, -0.1) is 0 Å². The Bertz CT molecular complexity index is 493. The van der Waals surface area contributed by atoms with E-state index in [1.165, 1.54) is 6.92 Å². The van der Waals surface area contributed by atoms with Gasteiger partial charge in [0, 0.05) is 11.4 Å². The average molecular weight is 255 g/mol. The average Bonchev–Trinajstić information content (AvgIpc) is 2.44. The van der Waals surface area contributed by atoms with Crippen molar-refractivity contribution < 1.29 is 9.21 Å². The standard InChI is InChI=1S/C9H7BrN2O2/c1-5(13)11-9-12-7-4-6(10)2-3-8(7)14-9/h2-4H,1H3,(H,11,12,13). The maximum absolute atomic E-state index is 10.7. The first-order valence-corrected chi connectivity index (χ1v) is 4.78. The van der Waals surface area contributed by atoms with Crippen LogP contribution in [0.15, 0.2) is 27.1 Å². The smallest absolute Gasteiger partial charge is 0.302 e. The van der Waals surface area contributed by atoms with Gasteiger partial charge in [-0.1, -0.05) is 15.9 Å². The van der Waals surface area contributed by atoms with Crippen molar-refractivity contribution in [3.05, 3.63) is 22.7 Å². The van der Waals surface area contributed by atoms with Gasteiger partial charge in [-0.3, -0.25) is 10.1 Å². The highest BCUT2D eigenvalue weighted by molar-refractivity contribution is 9.10. The van der Waals surface area contributed by atoms with E-state index in [4.69, 9.17) is 4.42 Å². The van der Waals surface area contributed by atoms with Crippen molar-refractivity contribution in [1.29, 1.82) is 0 Å². The van der Waals surface area contributed by atoms with Crippen molar-refractivity contribution in [1.82, 2.24) is 4.98 Å². The highest BCUT2D eigenvalue weighted by Gasteiger charge is 2.06. The van der Waals surface area contributed by atoms with Crippen LogP contribution in [0.5, 0.6) is 0 Å². The van der Waals surface area contributed by atoms with Crippen molar-refractivity contribution in [3.63, 3.8) is 0 Å². The topological polar surface area (TPSA) is 55.1 Å². The van der Waals surface area contributed by atoms with Crippen molar-refractivity contribution in [2.75, 3.05) is 5.32 Å². The lowest BCUT2D eigenvalue weighted by molar-refractivity contribution is -0.114. The van der Waals surface area contributed by atoms with E-state index in [-0.39, 0.29) is 11.9 Å². The quantitative estimate of drug-likeness (QED) is 0.851. The van der Waals surface area contributed by atoms with E-state index in [9.17, 15) is 4.79 Å². The summed E-state index contributed by atoms with van der Waals surface area (Å²) in [5.41, 5.74) is 1.36. The molecule has 0 fully saturated rings. The summed E-state index contributed by atoms with van der Waals surface area (Å²) >= 11 is 3.32. The molecule has 14 heavy (non-hydrogen) atoms. The SMILES string of the molecule is CC(=O)Nc1nc2cc(Br)ccc2o1. The number of halogens is 1. The monoisotopic (exact) mass is 254 g/mol. The number of hydrogen-bond acceptors (Lipinski definition) is 3. The zero-order valence-corrected chi connectivity index (χ0v) is 8.96. The zero-order chi connectivity index (χ0) is 10.1. The van der Waals surface area contributed by atoms with Gasteiger partial charge in [-0.25, -0.2) is 0 Å². The van der Waals surface area contributed by atoms with Crippen LogP contribution in [0.4, 0.5) is 6.01 Å². The molecule has 0 aliphatic carbocycles. The highest BCUT2D eigenvalue weighted by atomic mass is 79.9. The highest BCUT2D eigenvalue weighted by Crippen LogP contribution is 2.22. The largest absolute Gasteiger partial charge is 0.423 e. The molecule has 0 spiro atoms. The van der Waals surface area contributed by atoms with Crippen molar-refractivity contribution in [3.8, 4) is 0 Å². The second-order valence-corrected chi connectivity index (χ2v) is 3.73. The fourth-order valence-corrected chi connectivity index (χ4v) is 1.45. The molecular weight excluding hydrogens is 248 g/mol. The third-order valence-electron chi connectivity index (χ3n) is 1.63. The summed E-state index contributed by atoms with van der Waals surface area (Å²) in [4.78, 5) is 14.8. The van der Waals surface area contributed by atoms with Crippen LogP contribution in [0.25, 0.3) is 11.1 Å². The number of amides is 1. The molecule has 2 aromatic rings. The minimum absolute atomic E-state index is 0.198. The van der Waals surface area contributed by atoms with E-state index in [0.717, 1.165) is 4.47 Å². The molecule has 5 heteroatoms. The fourth-order valence-electron chi connectivity index (χ4n) is 1.10. The predicted octanol–water partition coefficient (Wildman–Crippen LogP) is 2.55. The Labute approximate surface area is 88.4 Å². The molecule has 0 saturated carbocycles. The van der Waals surface area contributed by atoms with Crippen molar-refractivity contribution in [2.45, 2.75) is 6.92 Å². The second-order valence-electron chi connectivity index (χ2n) is 2.81. The second kappa shape index (κ2) is 3.42. The summed E-state index contributed by atoms with van der Waals surface area (Å²) in [6, 6.07) is 5.69. The number of rotatable bonds is 1. The first kappa shape index (κ1) is 9.21. The number of carbonyl (C=O) groups is 1. The number of carbonyl (C=O) groups excluding carboxylic acids is 1. The number of anilines is 1. The first-order chi connectivity index (χ1) is 6.65. The third-order valence-corrected chi connectivity index (χ3v) is 2.13. The van der Waals surface area contributed by atoms with Gasteiger partial charge in [0.05, 0.1) is 0 Å². The van der Waals surface area contributed by atoms with E-state index >= 15 is 0 Å². The van der Waals surface area contributed by atoms with Gasteiger partial charge >= 0.3 is 6.01 Å². The predicted molar refractivity (Wildman–Crippen MR) is 56.0 cm³/mol. The number of oxazole rings is 1. The Morgan fingerprint density at radius 2 is 2.36 bits per heavy atom. The van der Waals surface area contributed by atoms with Gasteiger partial charge < -0.3 is 4.42 Å². The molecule has 0 unspecified atom stereocenters. The maximum Gasteiger partial charge on any atom is 0.302 e. The number of hydrogen-bond donors (Lipinski definition) is 1. The number of aromatic nitrogens is 1. The van der Waals surface area contributed by atoms with Gasteiger partial charge in [0.25, 0.3) is 0 Å². The van der Waals surface area contributed by atoms with Crippen molar-refractivity contribution >= 4 is 39.0 Å². The molecule has 0 bridgehead atoms. The molecular formula is C9H7BrN2O2. The summed E-state index contributed by atoms with van der Waals surface area (Å²) in [5, 5.41) is 2.48. The van der Waals surface area contributed by atoms with E-state index in [0.29, 0.717) is 11.1 Å². The van der Waals surface area contributed by atoms with E-state index in [1.54, 1.807) is 6.07 Å². The minimum Gasteiger partial charge on any atom is -0.423 e. The molecule has 0 aliphatic heterocycles. The van der Waals surface area contributed by atoms with Gasteiger partial charge in [0.1, 0.15) is 5.52 Å². The van der Waals surface area contributed by atoms with Crippen LogP contribution in [0.1, 0.15) is 6.92 Å². The minimum atomic E-state index is -0.198. The molecule has 4 nitrogen and oxygen atoms in total. The Balaban J connectivity index is 2.46. The maximum atomic E-state index is 10.7. The van der Waals surface area contributed by atoms with Crippen LogP contribution in [0, 0.1) is 0 Å². The molecule has 1 aromatic carbocycles. The molecule has 1 N–H and O–H groups in total. The fraction of sp³-hybridized carbons (Fsp3) is 0.111. The normalized spacial score (nSPS) is 10.4. The van der Waals surface area contributed by atoms with Gasteiger partial charge in [0.15, 0.2) is 5.58 Å². The van der Waals surface area contributed by atoms with Crippen LogP contribution >= 0.6 is 15.9 Å². The lowest BCUT2D eigenvalue weighted by atomic mass is 10.3. The number of fused-ring (bicyclic) bond motifs is 1. The Morgan fingerprint density at radius 1 is 1.57 bits per heavy atom. The van der Waals surface area contributed by atoms with Crippen LogP contribution in [-0.2, 0) is 4.79 Å². The number of benzene rings is 1. The molecule has 0 atom stereocenters. The zero-order valence-electron chi connectivity index (χ0n) is 7.37. The van der Waals surface area contributed by atoms with E-state index < -0.39 is 0 Å². The summed E-state index contributed by atoms with van der Waals surface area (Å²) in [5.74, 6) is -0.198. The Morgan fingerprint density at radius 3 is 3.07 bits per heavy atom. The number of nitrogens with one attached hydrogen (secondary N) is 1. The molecule has 2 rings (SSSR count). The lowest BCUT2D eigenvalue weighted by Crippen LogP contribution is -2.05. The Kier molecular flexibility index (Phi) is 2.25. The van der Waals surface area contributed by atoms with E-state index in [2.05, 4.69) is 26.2 Å². The Hall–Kier alpha value is -1.36. The molecule has 1 heterocycles. The van der Waals surface area contributed by atoms with Gasteiger partial charge in [-0.05, 0) is 18.2 Å². The molecule has 1 aromatic heterocycles. The summed E-state index contributed by atoms with van der Waals surface area (Å²) < 4.78 is 6.19. The van der Waals surface area contributed by atoms with E-state index in [1.807, 2.05) is 12.1 Å². The van der Waals surface area contributed by atoms with Crippen LogP contribution < -0.4 is 5.32 Å². The molecule has 0 aliphatic rings. The summed E-state index contributed by atoms with van der Waals surface area (Å²) in [6.07, 6.45) is 0. The van der Waals surface area contributed by atoms with Gasteiger partial charge in [-0.2, -0.15) is 4.98 Å². The van der Waals surface area contributed by atoms with Crippen LogP contribution in [-0.4, -0.2) is 10.9 Å².